The van der Waals surface area contributed by atoms with E-state index < -0.39 is 11.9 Å². The number of halogens is 3. The molecule has 0 aromatic carbocycles. The highest BCUT2D eigenvalue weighted by molar-refractivity contribution is 7.99. The van der Waals surface area contributed by atoms with Crippen LogP contribution in [-0.4, -0.2) is 30.4 Å². The maximum Gasteiger partial charge on any atom is 0.449 e. The van der Waals surface area contributed by atoms with Gasteiger partial charge in [0.1, 0.15) is 11.6 Å². The minimum Gasteiger partial charge on any atom is -0.452 e. The number of nitrogens with zero attached hydrogens (tertiary/aromatic N) is 1. The topological polar surface area (TPSA) is 37.5 Å². The van der Waals surface area contributed by atoms with Crippen LogP contribution in [0, 0.1) is 0 Å². The molecule has 0 radical (unpaired) electrons. The van der Waals surface area contributed by atoms with Crippen LogP contribution in [0.4, 0.5) is 13.2 Å². The molecule has 0 fully saturated rings. The Hall–Kier alpha value is -1.37. The Kier molecular flexibility index (Phi) is 4.70. The molecule has 1 aromatic heterocycles. The molecule has 0 saturated carbocycles. The van der Waals surface area contributed by atoms with Crippen molar-refractivity contribution in [1.29, 1.82) is 0 Å². The summed E-state index contributed by atoms with van der Waals surface area (Å²) in [5.41, 5.74) is 1.46. The molecule has 0 amide bonds. The van der Waals surface area contributed by atoms with E-state index in [2.05, 4.69) is 10.3 Å². The molecule has 0 aliphatic carbocycles. The predicted octanol–water partition coefficient (Wildman–Crippen LogP) is 3.83. The van der Waals surface area contributed by atoms with Gasteiger partial charge in [0, 0.05) is 11.8 Å². The molecule has 0 saturated heterocycles. The standard InChI is InChI=1S/C14H17F3N2OS/c1-8(11-4-5-12(20-11)14(15,16)17)9(2)13-18-6-10(21-3)7-19-13/h4-5,10H,6-7H2,1-3H3,(H,18,19)/b9-8+. The van der Waals surface area contributed by atoms with Crippen molar-refractivity contribution >= 4 is 23.2 Å². The molecule has 2 rings (SSSR count). The van der Waals surface area contributed by atoms with Crippen molar-refractivity contribution in [2.24, 2.45) is 4.99 Å². The lowest BCUT2D eigenvalue weighted by Crippen LogP contribution is -2.38. The van der Waals surface area contributed by atoms with Gasteiger partial charge < -0.3 is 9.73 Å². The molecule has 1 atom stereocenters. The van der Waals surface area contributed by atoms with Crippen molar-refractivity contribution < 1.29 is 17.6 Å². The number of furan rings is 1. The summed E-state index contributed by atoms with van der Waals surface area (Å²) in [5, 5.41) is 3.65. The van der Waals surface area contributed by atoms with E-state index in [1.54, 1.807) is 18.7 Å². The van der Waals surface area contributed by atoms with Gasteiger partial charge >= 0.3 is 6.18 Å². The third-order valence-electron chi connectivity index (χ3n) is 3.46. The number of hydrogen-bond acceptors (Lipinski definition) is 4. The van der Waals surface area contributed by atoms with Crippen molar-refractivity contribution in [3.8, 4) is 0 Å². The first-order chi connectivity index (χ1) is 9.82. The molecule has 1 aliphatic heterocycles. The van der Waals surface area contributed by atoms with Crippen molar-refractivity contribution in [2.75, 3.05) is 19.3 Å². The van der Waals surface area contributed by atoms with Crippen LogP contribution < -0.4 is 5.32 Å². The van der Waals surface area contributed by atoms with Crippen LogP contribution in [0.2, 0.25) is 0 Å². The van der Waals surface area contributed by atoms with Gasteiger partial charge in [0.05, 0.1) is 6.54 Å². The number of thioether (sulfide) groups is 1. The van der Waals surface area contributed by atoms with E-state index in [-0.39, 0.29) is 5.76 Å². The first-order valence-corrected chi connectivity index (χ1v) is 7.78. The summed E-state index contributed by atoms with van der Waals surface area (Å²) in [4.78, 5) is 4.45. The largest absolute Gasteiger partial charge is 0.452 e. The number of amidine groups is 1. The zero-order valence-electron chi connectivity index (χ0n) is 12.0. The lowest BCUT2D eigenvalue weighted by Gasteiger charge is -2.22. The first kappa shape index (κ1) is 16.0. The smallest absolute Gasteiger partial charge is 0.449 e. The van der Waals surface area contributed by atoms with Gasteiger partial charge in [-0.15, -0.1) is 0 Å². The summed E-state index contributed by atoms with van der Waals surface area (Å²) < 4.78 is 42.6. The fourth-order valence-corrected chi connectivity index (χ4v) is 2.46. The van der Waals surface area contributed by atoms with E-state index in [4.69, 9.17) is 4.42 Å². The molecule has 2 heterocycles. The molecular formula is C14H17F3N2OS. The summed E-state index contributed by atoms with van der Waals surface area (Å²) in [7, 11) is 0. The van der Waals surface area contributed by atoms with Gasteiger partial charge in [-0.3, -0.25) is 4.99 Å². The van der Waals surface area contributed by atoms with Crippen molar-refractivity contribution in [3.63, 3.8) is 0 Å². The molecule has 1 unspecified atom stereocenters. The van der Waals surface area contributed by atoms with Gasteiger partial charge in [0.2, 0.25) is 5.76 Å². The molecule has 1 aromatic rings. The minimum absolute atomic E-state index is 0.219. The van der Waals surface area contributed by atoms with E-state index in [1.165, 1.54) is 6.07 Å². The fraction of sp³-hybridized carbons (Fsp3) is 0.500. The maximum atomic E-state index is 12.6. The van der Waals surface area contributed by atoms with Crippen LogP contribution in [0.3, 0.4) is 0 Å². The Morgan fingerprint density at radius 3 is 2.52 bits per heavy atom. The van der Waals surface area contributed by atoms with Gasteiger partial charge in [-0.1, -0.05) is 0 Å². The molecule has 3 nitrogen and oxygen atoms in total. The van der Waals surface area contributed by atoms with Gasteiger partial charge in [-0.25, -0.2) is 0 Å². The van der Waals surface area contributed by atoms with Crippen molar-refractivity contribution in [2.45, 2.75) is 25.3 Å². The molecule has 116 valence electrons. The third-order valence-corrected chi connectivity index (χ3v) is 4.44. The summed E-state index contributed by atoms with van der Waals surface area (Å²) in [5.74, 6) is -0.0373. The normalized spacial score (nSPS) is 20.7. The Morgan fingerprint density at radius 2 is 2.05 bits per heavy atom. The second-order valence-electron chi connectivity index (χ2n) is 4.84. The van der Waals surface area contributed by atoms with Crippen LogP contribution in [0.15, 0.2) is 27.1 Å². The second-order valence-corrected chi connectivity index (χ2v) is 5.98. The summed E-state index contributed by atoms with van der Waals surface area (Å²) >= 11 is 1.74. The summed E-state index contributed by atoms with van der Waals surface area (Å²) in [6.45, 7) is 5.08. The van der Waals surface area contributed by atoms with Crippen LogP contribution >= 0.6 is 11.8 Å². The number of alkyl halides is 3. The first-order valence-electron chi connectivity index (χ1n) is 6.49. The maximum absolute atomic E-state index is 12.6. The lowest BCUT2D eigenvalue weighted by atomic mass is 10.1. The van der Waals surface area contributed by atoms with Crippen molar-refractivity contribution in [1.82, 2.24) is 5.32 Å². The third kappa shape index (κ3) is 3.64. The average molecular weight is 318 g/mol. The molecule has 1 N–H and O–H groups in total. The summed E-state index contributed by atoms with van der Waals surface area (Å²) in [6, 6.07) is 2.29. The monoisotopic (exact) mass is 318 g/mol. The fourth-order valence-electron chi connectivity index (χ4n) is 1.99. The lowest BCUT2D eigenvalue weighted by molar-refractivity contribution is -0.153. The van der Waals surface area contributed by atoms with Crippen molar-refractivity contribution in [3.05, 3.63) is 29.2 Å². The molecule has 7 heteroatoms. The van der Waals surface area contributed by atoms with Crippen LogP contribution in [0.1, 0.15) is 25.4 Å². The van der Waals surface area contributed by atoms with E-state index >= 15 is 0 Å². The van der Waals surface area contributed by atoms with Crippen LogP contribution in [0.5, 0.6) is 0 Å². The van der Waals surface area contributed by atoms with E-state index in [0.29, 0.717) is 17.4 Å². The van der Waals surface area contributed by atoms with Gasteiger partial charge in [0.25, 0.3) is 0 Å². The quantitative estimate of drug-likeness (QED) is 0.920. The minimum atomic E-state index is -4.46. The average Bonchev–Trinajstić information content (AvgIpc) is 2.95. The molecular weight excluding hydrogens is 301 g/mol. The van der Waals surface area contributed by atoms with Crippen LogP contribution in [0.25, 0.3) is 5.57 Å². The number of nitrogens with one attached hydrogen (secondary N) is 1. The Balaban J connectivity index is 2.23. The van der Waals surface area contributed by atoms with Crippen LogP contribution in [-0.2, 0) is 6.18 Å². The highest BCUT2D eigenvalue weighted by Gasteiger charge is 2.35. The molecule has 0 bridgehead atoms. The molecule has 1 aliphatic rings. The molecule has 0 spiro atoms. The highest BCUT2D eigenvalue weighted by Crippen LogP contribution is 2.33. The van der Waals surface area contributed by atoms with E-state index in [1.807, 2.05) is 13.2 Å². The second kappa shape index (κ2) is 6.17. The Bertz CT molecular complexity index is 575. The number of hydrogen-bond donors (Lipinski definition) is 1. The Labute approximate surface area is 125 Å². The van der Waals surface area contributed by atoms with E-state index in [9.17, 15) is 13.2 Å². The number of aliphatic imine (C=N–C) groups is 1. The highest BCUT2D eigenvalue weighted by atomic mass is 32.2. The predicted molar refractivity (Wildman–Crippen MR) is 79.6 cm³/mol. The Morgan fingerprint density at radius 1 is 1.33 bits per heavy atom. The zero-order valence-corrected chi connectivity index (χ0v) is 12.9. The van der Waals surface area contributed by atoms with Gasteiger partial charge in [-0.2, -0.15) is 24.9 Å². The number of allylic oxidation sites excluding steroid dienone is 1. The molecule has 21 heavy (non-hydrogen) atoms. The SMILES string of the molecule is CSC1CN=C(/C(C)=C(\C)c2ccc(C(F)(F)F)o2)NC1. The number of rotatable bonds is 3. The van der Waals surface area contributed by atoms with E-state index in [0.717, 1.165) is 24.0 Å². The van der Waals surface area contributed by atoms with Gasteiger partial charge in [-0.05, 0) is 43.4 Å². The zero-order chi connectivity index (χ0) is 15.6. The van der Waals surface area contributed by atoms with Gasteiger partial charge in [0.15, 0.2) is 0 Å². The summed E-state index contributed by atoms with van der Waals surface area (Å²) in [6.07, 6.45) is -2.43.